The maximum absolute atomic E-state index is 10.9. The van der Waals surface area contributed by atoms with E-state index in [0.29, 0.717) is 6.04 Å². The van der Waals surface area contributed by atoms with Crippen molar-refractivity contribution in [1.29, 1.82) is 0 Å². The quantitative estimate of drug-likeness (QED) is 0.860. The first-order valence-corrected chi connectivity index (χ1v) is 6.67. The number of nitrogens with one attached hydrogen (secondary N) is 1. The summed E-state index contributed by atoms with van der Waals surface area (Å²) in [6, 6.07) is 8.85. The lowest BCUT2D eigenvalue weighted by Crippen LogP contribution is -2.34. The fourth-order valence-electron chi connectivity index (χ4n) is 2.61. The fourth-order valence-corrected chi connectivity index (χ4v) is 2.61. The van der Waals surface area contributed by atoms with E-state index in [1.165, 1.54) is 11.1 Å². The van der Waals surface area contributed by atoms with Crippen LogP contribution >= 0.6 is 0 Å². The Bertz CT molecular complexity index is 409. The van der Waals surface area contributed by atoms with Crippen LogP contribution in [0.5, 0.6) is 0 Å². The van der Waals surface area contributed by atoms with Gasteiger partial charge in [0, 0.05) is 12.6 Å². The Labute approximate surface area is 108 Å². The number of carboxylic acid groups (broad SMARTS) is 1. The number of hydrogen-bond acceptors (Lipinski definition) is 2. The van der Waals surface area contributed by atoms with Gasteiger partial charge in [0.05, 0.1) is 5.92 Å². The van der Waals surface area contributed by atoms with Gasteiger partial charge in [-0.1, -0.05) is 24.3 Å². The first kappa shape index (κ1) is 13.1. The molecule has 1 aromatic carbocycles. The third kappa shape index (κ3) is 3.33. The Morgan fingerprint density at radius 2 is 1.94 bits per heavy atom. The van der Waals surface area contributed by atoms with Gasteiger partial charge in [0.15, 0.2) is 0 Å². The molecular formula is C15H21NO2. The second-order valence-corrected chi connectivity index (χ2v) is 5.19. The third-order valence-corrected chi connectivity index (χ3v) is 3.92. The van der Waals surface area contributed by atoms with Crippen LogP contribution in [-0.4, -0.2) is 17.1 Å². The van der Waals surface area contributed by atoms with Crippen molar-refractivity contribution < 1.29 is 9.90 Å². The molecule has 0 aromatic heterocycles. The molecule has 0 aliphatic heterocycles. The van der Waals surface area contributed by atoms with Crippen LogP contribution in [0.3, 0.4) is 0 Å². The zero-order valence-corrected chi connectivity index (χ0v) is 10.9. The summed E-state index contributed by atoms with van der Waals surface area (Å²) >= 11 is 0. The molecule has 2 N–H and O–H groups in total. The zero-order valence-electron chi connectivity index (χ0n) is 10.9. The van der Waals surface area contributed by atoms with Crippen LogP contribution in [0.1, 0.15) is 36.8 Å². The topological polar surface area (TPSA) is 49.3 Å². The highest BCUT2D eigenvalue weighted by molar-refractivity contribution is 5.70. The number of carboxylic acids is 1. The zero-order chi connectivity index (χ0) is 13.0. The molecule has 1 aliphatic rings. The molecule has 1 aliphatic carbocycles. The largest absolute Gasteiger partial charge is 0.481 e. The van der Waals surface area contributed by atoms with Crippen molar-refractivity contribution in [2.75, 3.05) is 0 Å². The van der Waals surface area contributed by atoms with Gasteiger partial charge in [0.1, 0.15) is 0 Å². The smallest absolute Gasteiger partial charge is 0.306 e. The average Bonchev–Trinajstić information content (AvgIpc) is 2.38. The molecule has 1 saturated carbocycles. The SMILES string of the molecule is Cc1ccccc1CNC1CCC(C(=O)O)CC1. The average molecular weight is 247 g/mol. The second-order valence-electron chi connectivity index (χ2n) is 5.19. The van der Waals surface area contributed by atoms with Gasteiger partial charge in [-0.05, 0) is 43.7 Å². The highest BCUT2D eigenvalue weighted by atomic mass is 16.4. The Balaban J connectivity index is 1.79. The Hall–Kier alpha value is -1.35. The van der Waals surface area contributed by atoms with Crippen LogP contribution in [-0.2, 0) is 11.3 Å². The predicted molar refractivity (Wildman–Crippen MR) is 71.4 cm³/mol. The van der Waals surface area contributed by atoms with E-state index in [4.69, 9.17) is 5.11 Å². The van der Waals surface area contributed by atoms with E-state index in [9.17, 15) is 4.79 Å². The lowest BCUT2D eigenvalue weighted by molar-refractivity contribution is -0.142. The summed E-state index contributed by atoms with van der Waals surface area (Å²) in [7, 11) is 0. The van der Waals surface area contributed by atoms with Gasteiger partial charge in [-0.3, -0.25) is 4.79 Å². The van der Waals surface area contributed by atoms with E-state index < -0.39 is 5.97 Å². The van der Waals surface area contributed by atoms with Crippen LogP contribution in [0.4, 0.5) is 0 Å². The molecule has 0 heterocycles. The standard InChI is InChI=1S/C15H21NO2/c1-11-4-2-3-5-13(11)10-16-14-8-6-12(7-9-14)15(17)18/h2-5,12,14,16H,6-10H2,1H3,(H,17,18). The molecule has 0 saturated heterocycles. The van der Waals surface area contributed by atoms with E-state index in [1.54, 1.807) is 0 Å². The van der Waals surface area contributed by atoms with E-state index >= 15 is 0 Å². The predicted octanol–water partition coefficient (Wildman–Crippen LogP) is 2.73. The minimum absolute atomic E-state index is 0.124. The van der Waals surface area contributed by atoms with Gasteiger partial charge >= 0.3 is 5.97 Å². The molecule has 18 heavy (non-hydrogen) atoms. The van der Waals surface area contributed by atoms with Gasteiger partial charge in [-0.2, -0.15) is 0 Å². The molecule has 0 bridgehead atoms. The minimum atomic E-state index is -0.632. The number of rotatable bonds is 4. The number of aliphatic carboxylic acids is 1. The first-order chi connectivity index (χ1) is 8.66. The summed E-state index contributed by atoms with van der Waals surface area (Å²) in [4.78, 5) is 10.9. The maximum atomic E-state index is 10.9. The van der Waals surface area contributed by atoms with Crippen LogP contribution in [0, 0.1) is 12.8 Å². The van der Waals surface area contributed by atoms with E-state index in [0.717, 1.165) is 32.2 Å². The van der Waals surface area contributed by atoms with Gasteiger partial charge in [0.25, 0.3) is 0 Å². The van der Waals surface area contributed by atoms with Crippen LogP contribution < -0.4 is 5.32 Å². The molecule has 0 spiro atoms. The van der Waals surface area contributed by atoms with Crippen molar-refractivity contribution in [2.45, 2.75) is 45.2 Å². The van der Waals surface area contributed by atoms with Crippen molar-refractivity contribution in [3.8, 4) is 0 Å². The summed E-state index contributed by atoms with van der Waals surface area (Å²) in [5, 5.41) is 12.5. The van der Waals surface area contributed by atoms with E-state index in [1.807, 2.05) is 0 Å². The number of benzene rings is 1. The second kappa shape index (κ2) is 6.01. The normalized spacial score (nSPS) is 23.8. The van der Waals surface area contributed by atoms with Gasteiger partial charge < -0.3 is 10.4 Å². The maximum Gasteiger partial charge on any atom is 0.306 e. The molecule has 98 valence electrons. The lowest BCUT2D eigenvalue weighted by atomic mass is 9.86. The summed E-state index contributed by atoms with van der Waals surface area (Å²) in [6.45, 7) is 3.01. The van der Waals surface area contributed by atoms with Gasteiger partial charge in [-0.15, -0.1) is 0 Å². The lowest BCUT2D eigenvalue weighted by Gasteiger charge is -2.27. The number of aryl methyl sites for hydroxylation is 1. The van der Waals surface area contributed by atoms with E-state index in [-0.39, 0.29) is 5.92 Å². The van der Waals surface area contributed by atoms with Crippen molar-refractivity contribution in [3.05, 3.63) is 35.4 Å². The van der Waals surface area contributed by atoms with E-state index in [2.05, 4.69) is 36.5 Å². The highest BCUT2D eigenvalue weighted by Crippen LogP contribution is 2.24. The van der Waals surface area contributed by atoms with Crippen LogP contribution in [0.15, 0.2) is 24.3 Å². The fraction of sp³-hybridized carbons (Fsp3) is 0.533. The highest BCUT2D eigenvalue weighted by Gasteiger charge is 2.25. The molecule has 0 radical (unpaired) electrons. The van der Waals surface area contributed by atoms with Gasteiger partial charge in [-0.25, -0.2) is 0 Å². The Kier molecular flexibility index (Phi) is 4.37. The molecule has 1 aromatic rings. The van der Waals surface area contributed by atoms with Crippen molar-refractivity contribution >= 4 is 5.97 Å². The van der Waals surface area contributed by atoms with Crippen LogP contribution in [0.25, 0.3) is 0 Å². The summed E-state index contributed by atoms with van der Waals surface area (Å²) in [6.07, 6.45) is 3.56. The number of hydrogen-bond donors (Lipinski definition) is 2. The molecule has 0 amide bonds. The van der Waals surface area contributed by atoms with Crippen molar-refractivity contribution in [2.24, 2.45) is 5.92 Å². The van der Waals surface area contributed by atoms with Crippen molar-refractivity contribution in [1.82, 2.24) is 5.32 Å². The third-order valence-electron chi connectivity index (χ3n) is 3.92. The summed E-state index contributed by atoms with van der Waals surface area (Å²) in [5.41, 5.74) is 2.64. The minimum Gasteiger partial charge on any atom is -0.481 e. The molecule has 0 atom stereocenters. The molecule has 3 heteroatoms. The first-order valence-electron chi connectivity index (χ1n) is 6.67. The molecule has 2 rings (SSSR count). The number of carbonyl (C=O) groups is 1. The molecule has 3 nitrogen and oxygen atoms in total. The summed E-state index contributed by atoms with van der Waals surface area (Å²) < 4.78 is 0. The van der Waals surface area contributed by atoms with Crippen molar-refractivity contribution in [3.63, 3.8) is 0 Å². The monoisotopic (exact) mass is 247 g/mol. The molecule has 1 fully saturated rings. The molecular weight excluding hydrogens is 226 g/mol. The van der Waals surface area contributed by atoms with Gasteiger partial charge in [0.2, 0.25) is 0 Å². The molecule has 0 unspecified atom stereocenters. The summed E-state index contributed by atoms with van der Waals surface area (Å²) in [5.74, 6) is -0.756. The van der Waals surface area contributed by atoms with Crippen LogP contribution in [0.2, 0.25) is 0 Å². The Morgan fingerprint density at radius 1 is 1.28 bits per heavy atom. The Morgan fingerprint density at radius 3 is 2.56 bits per heavy atom.